The second kappa shape index (κ2) is 5.14. The zero-order valence-electron chi connectivity index (χ0n) is 10.1. The molecule has 0 spiro atoms. The Morgan fingerprint density at radius 1 is 1.44 bits per heavy atom. The Morgan fingerprint density at radius 3 is 2.83 bits per heavy atom. The van der Waals surface area contributed by atoms with Gasteiger partial charge in [-0.2, -0.15) is 0 Å². The minimum Gasteiger partial charge on any atom is -0.476 e. The molecule has 2 aromatic heterocycles. The van der Waals surface area contributed by atoms with Gasteiger partial charge in [0.25, 0.3) is 0 Å². The van der Waals surface area contributed by atoms with Crippen LogP contribution >= 0.6 is 11.3 Å². The predicted molar refractivity (Wildman–Crippen MR) is 70.1 cm³/mol. The first kappa shape index (κ1) is 12.5. The van der Waals surface area contributed by atoms with E-state index in [0.29, 0.717) is 12.4 Å². The van der Waals surface area contributed by atoms with E-state index in [1.165, 1.54) is 27.7 Å². The number of anilines is 1. The number of aromatic nitrogens is 2. The molecule has 0 radical (unpaired) electrons. The summed E-state index contributed by atoms with van der Waals surface area (Å²) in [6, 6.07) is 2.11. The maximum atomic E-state index is 10.7. The molecule has 0 aromatic carbocycles. The highest BCUT2D eigenvalue weighted by Gasteiger charge is 2.06. The number of aryl methyl sites for hydroxylation is 2. The lowest BCUT2D eigenvalue weighted by molar-refractivity contribution is 0.0690. The summed E-state index contributed by atoms with van der Waals surface area (Å²) in [4.78, 5) is 21.0. The normalized spacial score (nSPS) is 10.3. The van der Waals surface area contributed by atoms with E-state index in [0.717, 1.165) is 0 Å². The van der Waals surface area contributed by atoms with Gasteiger partial charge in [0, 0.05) is 9.75 Å². The molecule has 0 saturated carbocycles. The van der Waals surface area contributed by atoms with E-state index in [9.17, 15) is 4.79 Å². The summed E-state index contributed by atoms with van der Waals surface area (Å²) in [5.74, 6) is -0.604. The third-order valence-electron chi connectivity index (χ3n) is 2.51. The van der Waals surface area contributed by atoms with Crippen LogP contribution < -0.4 is 5.32 Å². The average molecular weight is 263 g/mol. The molecule has 0 unspecified atom stereocenters. The van der Waals surface area contributed by atoms with E-state index in [1.54, 1.807) is 11.3 Å². The number of nitrogens with zero attached hydrogens (tertiary/aromatic N) is 2. The van der Waals surface area contributed by atoms with Gasteiger partial charge >= 0.3 is 5.97 Å². The number of thiophene rings is 1. The first-order valence-electron chi connectivity index (χ1n) is 5.41. The Hall–Kier alpha value is -1.95. The Bertz CT molecular complexity index is 561. The smallest absolute Gasteiger partial charge is 0.356 e. The molecule has 0 atom stereocenters. The molecule has 0 saturated heterocycles. The number of carboxylic acids is 1. The summed E-state index contributed by atoms with van der Waals surface area (Å²) in [7, 11) is 0. The molecular formula is C12H13N3O2S. The number of hydrogen-bond donors (Lipinski definition) is 2. The van der Waals surface area contributed by atoms with E-state index < -0.39 is 5.97 Å². The van der Waals surface area contributed by atoms with Crippen molar-refractivity contribution >= 4 is 23.1 Å². The van der Waals surface area contributed by atoms with Crippen molar-refractivity contribution in [3.8, 4) is 0 Å². The minimum atomic E-state index is -1.08. The van der Waals surface area contributed by atoms with E-state index in [2.05, 4.69) is 35.2 Å². The molecule has 0 aliphatic heterocycles. The standard InChI is InChI=1S/C12H13N3O2S/c1-7-3-9(18-8(7)2)4-14-11-6-13-5-10(15-11)12(16)17/h3,5-6H,4H2,1-2H3,(H,14,15)(H,16,17). The van der Waals surface area contributed by atoms with Crippen molar-refractivity contribution in [3.05, 3.63) is 39.5 Å². The summed E-state index contributed by atoms with van der Waals surface area (Å²) in [6.45, 7) is 4.77. The van der Waals surface area contributed by atoms with Crippen LogP contribution in [0.1, 0.15) is 25.8 Å². The highest BCUT2D eigenvalue weighted by molar-refractivity contribution is 7.12. The van der Waals surface area contributed by atoms with Crippen LogP contribution in [0.2, 0.25) is 0 Å². The summed E-state index contributed by atoms with van der Waals surface area (Å²) in [6.07, 6.45) is 2.74. The van der Waals surface area contributed by atoms with Gasteiger partial charge in [0.1, 0.15) is 5.82 Å². The second-order valence-corrected chi connectivity index (χ2v) is 5.24. The third-order valence-corrected chi connectivity index (χ3v) is 3.67. The van der Waals surface area contributed by atoms with Crippen molar-refractivity contribution in [2.45, 2.75) is 20.4 Å². The summed E-state index contributed by atoms with van der Waals surface area (Å²) in [5, 5.41) is 11.9. The van der Waals surface area contributed by atoms with Gasteiger partial charge in [0.2, 0.25) is 0 Å². The second-order valence-electron chi connectivity index (χ2n) is 3.90. The number of nitrogens with one attached hydrogen (secondary N) is 1. The van der Waals surface area contributed by atoms with Crippen molar-refractivity contribution < 1.29 is 9.90 Å². The topological polar surface area (TPSA) is 75.1 Å². The molecule has 2 rings (SSSR count). The molecule has 0 amide bonds. The molecule has 0 aliphatic carbocycles. The highest BCUT2D eigenvalue weighted by atomic mass is 32.1. The van der Waals surface area contributed by atoms with Gasteiger partial charge in [-0.1, -0.05) is 0 Å². The van der Waals surface area contributed by atoms with Crippen LogP contribution in [0.25, 0.3) is 0 Å². The van der Waals surface area contributed by atoms with Crippen molar-refractivity contribution in [2.24, 2.45) is 0 Å². The summed E-state index contributed by atoms with van der Waals surface area (Å²) < 4.78 is 0. The molecule has 2 aromatic rings. The molecule has 18 heavy (non-hydrogen) atoms. The van der Waals surface area contributed by atoms with Crippen LogP contribution in [-0.2, 0) is 6.54 Å². The van der Waals surface area contributed by atoms with Gasteiger partial charge in [0.05, 0.1) is 18.9 Å². The molecule has 5 nitrogen and oxygen atoms in total. The van der Waals surface area contributed by atoms with Gasteiger partial charge in [-0.3, -0.25) is 4.98 Å². The van der Waals surface area contributed by atoms with Gasteiger partial charge in [-0.05, 0) is 25.5 Å². The Morgan fingerprint density at radius 2 is 2.22 bits per heavy atom. The van der Waals surface area contributed by atoms with E-state index in [4.69, 9.17) is 5.11 Å². The van der Waals surface area contributed by atoms with Crippen LogP contribution in [0.3, 0.4) is 0 Å². The largest absolute Gasteiger partial charge is 0.476 e. The quantitative estimate of drug-likeness (QED) is 0.886. The van der Waals surface area contributed by atoms with E-state index in [-0.39, 0.29) is 5.69 Å². The molecule has 0 bridgehead atoms. The lowest BCUT2D eigenvalue weighted by Crippen LogP contribution is -2.06. The summed E-state index contributed by atoms with van der Waals surface area (Å²) >= 11 is 1.72. The van der Waals surface area contributed by atoms with Gasteiger partial charge in [-0.25, -0.2) is 9.78 Å². The first-order chi connectivity index (χ1) is 8.56. The van der Waals surface area contributed by atoms with Crippen molar-refractivity contribution in [1.82, 2.24) is 9.97 Å². The molecule has 6 heteroatoms. The van der Waals surface area contributed by atoms with Crippen LogP contribution in [0.5, 0.6) is 0 Å². The van der Waals surface area contributed by atoms with Crippen LogP contribution in [-0.4, -0.2) is 21.0 Å². The zero-order chi connectivity index (χ0) is 13.1. The van der Waals surface area contributed by atoms with Gasteiger partial charge < -0.3 is 10.4 Å². The molecule has 2 heterocycles. The predicted octanol–water partition coefficient (Wildman–Crippen LogP) is 2.47. The average Bonchev–Trinajstić information content (AvgIpc) is 2.67. The zero-order valence-corrected chi connectivity index (χ0v) is 10.9. The fraction of sp³-hybridized carbons (Fsp3) is 0.250. The highest BCUT2D eigenvalue weighted by Crippen LogP contribution is 2.21. The Balaban J connectivity index is 2.06. The molecule has 94 valence electrons. The fourth-order valence-electron chi connectivity index (χ4n) is 1.47. The lowest BCUT2D eigenvalue weighted by atomic mass is 10.3. The summed E-state index contributed by atoms with van der Waals surface area (Å²) in [5.41, 5.74) is 1.21. The number of hydrogen-bond acceptors (Lipinski definition) is 5. The Labute approximate surface area is 109 Å². The van der Waals surface area contributed by atoms with Gasteiger partial charge in [-0.15, -0.1) is 11.3 Å². The number of aromatic carboxylic acids is 1. The fourth-order valence-corrected chi connectivity index (χ4v) is 2.46. The SMILES string of the molecule is Cc1cc(CNc2cncc(C(=O)O)n2)sc1C. The third kappa shape index (κ3) is 2.84. The van der Waals surface area contributed by atoms with Crippen LogP contribution in [0.4, 0.5) is 5.82 Å². The minimum absolute atomic E-state index is 0.0569. The van der Waals surface area contributed by atoms with Crippen molar-refractivity contribution in [1.29, 1.82) is 0 Å². The van der Waals surface area contributed by atoms with E-state index in [1.807, 2.05) is 0 Å². The van der Waals surface area contributed by atoms with Gasteiger partial charge in [0.15, 0.2) is 5.69 Å². The maximum Gasteiger partial charge on any atom is 0.356 e. The number of carboxylic acid groups (broad SMARTS) is 1. The maximum absolute atomic E-state index is 10.7. The molecule has 0 fully saturated rings. The van der Waals surface area contributed by atoms with Crippen molar-refractivity contribution in [3.63, 3.8) is 0 Å². The molecule has 2 N–H and O–H groups in total. The number of carbonyl (C=O) groups is 1. The molecule has 0 aliphatic rings. The Kier molecular flexibility index (Phi) is 3.57. The monoisotopic (exact) mass is 263 g/mol. The number of rotatable bonds is 4. The van der Waals surface area contributed by atoms with E-state index >= 15 is 0 Å². The van der Waals surface area contributed by atoms with Crippen LogP contribution in [0.15, 0.2) is 18.5 Å². The van der Waals surface area contributed by atoms with Crippen LogP contribution in [0, 0.1) is 13.8 Å². The van der Waals surface area contributed by atoms with Crippen molar-refractivity contribution in [2.75, 3.05) is 5.32 Å². The molecular weight excluding hydrogens is 250 g/mol. The first-order valence-corrected chi connectivity index (χ1v) is 6.23. The lowest BCUT2D eigenvalue weighted by Gasteiger charge is -2.03.